The number of carbonyl (C=O) groups excluding carboxylic acids is 1. The van der Waals surface area contributed by atoms with Crippen molar-refractivity contribution in [1.29, 1.82) is 0 Å². The van der Waals surface area contributed by atoms with Crippen LogP contribution in [0.15, 0.2) is 66.9 Å². The highest BCUT2D eigenvalue weighted by atomic mass is 16.5. The van der Waals surface area contributed by atoms with E-state index in [4.69, 9.17) is 4.74 Å². The number of benzene rings is 2. The quantitative estimate of drug-likeness (QED) is 0.526. The van der Waals surface area contributed by atoms with Crippen LogP contribution in [0.5, 0.6) is 0 Å². The smallest absolute Gasteiger partial charge is 0.331 e. The second-order valence-corrected chi connectivity index (χ2v) is 5.65. The van der Waals surface area contributed by atoms with Crippen molar-refractivity contribution >= 4 is 22.4 Å². The number of aromatic amines is 1. The molecule has 3 aromatic rings. The lowest BCUT2D eigenvalue weighted by atomic mass is 9.98. The van der Waals surface area contributed by atoms with Gasteiger partial charge in [-0.1, -0.05) is 48.5 Å². The van der Waals surface area contributed by atoms with Crippen LogP contribution in [0.3, 0.4) is 0 Å². The van der Waals surface area contributed by atoms with Crippen molar-refractivity contribution in [3.8, 4) is 0 Å². The van der Waals surface area contributed by atoms with Crippen molar-refractivity contribution in [2.24, 2.45) is 0 Å². The zero-order valence-electron chi connectivity index (χ0n) is 13.8. The van der Waals surface area contributed by atoms with E-state index in [0.29, 0.717) is 6.61 Å². The van der Waals surface area contributed by atoms with Crippen LogP contribution in [-0.4, -0.2) is 17.6 Å². The number of aryl methyl sites for hydroxylation is 1. The van der Waals surface area contributed by atoms with Crippen molar-refractivity contribution in [2.75, 3.05) is 6.61 Å². The van der Waals surface area contributed by atoms with Gasteiger partial charge >= 0.3 is 5.97 Å². The van der Waals surface area contributed by atoms with Gasteiger partial charge in [-0.05, 0) is 42.5 Å². The van der Waals surface area contributed by atoms with Crippen LogP contribution in [-0.2, 0) is 16.0 Å². The summed E-state index contributed by atoms with van der Waals surface area (Å²) in [6, 6.07) is 18.3. The van der Waals surface area contributed by atoms with Gasteiger partial charge in [0.2, 0.25) is 0 Å². The molecule has 122 valence electrons. The number of ether oxygens (including phenoxy) is 1. The summed E-state index contributed by atoms with van der Waals surface area (Å²) in [6.07, 6.45) is 5.32. The van der Waals surface area contributed by atoms with Gasteiger partial charge in [0.15, 0.2) is 0 Å². The van der Waals surface area contributed by atoms with Crippen LogP contribution in [0.25, 0.3) is 16.5 Å². The van der Waals surface area contributed by atoms with Crippen molar-refractivity contribution in [1.82, 2.24) is 4.98 Å². The fraction of sp³-hybridized carbons (Fsp3) is 0.190. The molecule has 0 spiro atoms. The lowest BCUT2D eigenvalue weighted by Gasteiger charge is -2.08. The van der Waals surface area contributed by atoms with Crippen molar-refractivity contribution in [2.45, 2.75) is 19.8 Å². The molecule has 3 rings (SSSR count). The van der Waals surface area contributed by atoms with Gasteiger partial charge in [-0.2, -0.15) is 0 Å². The van der Waals surface area contributed by atoms with Gasteiger partial charge in [0.25, 0.3) is 0 Å². The Balaban J connectivity index is 1.83. The maximum atomic E-state index is 11.9. The number of carbonyl (C=O) groups is 1. The summed E-state index contributed by atoms with van der Waals surface area (Å²) < 4.78 is 5.08. The second kappa shape index (κ2) is 7.64. The standard InChI is InChI=1S/C21H21NO2/c1-2-24-21(23)14-17(16-8-4-3-5-9-16)12-13-18-15-22-20-11-7-6-10-19(18)20/h3-11,14-15,22H,2,12-13H2,1H3/b17-14-. The molecule has 0 aliphatic carbocycles. The molecule has 3 heteroatoms. The number of H-pyrrole nitrogens is 1. The molecule has 0 fully saturated rings. The summed E-state index contributed by atoms with van der Waals surface area (Å²) in [6.45, 7) is 2.21. The normalized spacial score (nSPS) is 11.6. The van der Waals surface area contributed by atoms with Crippen molar-refractivity contribution in [3.05, 3.63) is 78.0 Å². The van der Waals surface area contributed by atoms with Crippen LogP contribution >= 0.6 is 0 Å². The van der Waals surface area contributed by atoms with Gasteiger partial charge < -0.3 is 9.72 Å². The van der Waals surface area contributed by atoms with E-state index in [9.17, 15) is 4.79 Å². The average molecular weight is 319 g/mol. The van der Waals surface area contributed by atoms with E-state index in [2.05, 4.69) is 23.3 Å². The number of fused-ring (bicyclic) bond motifs is 1. The van der Waals surface area contributed by atoms with Crippen molar-refractivity contribution in [3.63, 3.8) is 0 Å². The number of hydrogen-bond donors (Lipinski definition) is 1. The van der Waals surface area contributed by atoms with E-state index in [0.717, 1.165) is 29.5 Å². The fourth-order valence-corrected chi connectivity index (χ4v) is 2.89. The highest BCUT2D eigenvalue weighted by molar-refractivity contribution is 5.91. The van der Waals surface area contributed by atoms with E-state index in [1.54, 1.807) is 6.08 Å². The molecule has 1 heterocycles. The first-order valence-electron chi connectivity index (χ1n) is 8.25. The molecule has 1 aromatic heterocycles. The van der Waals surface area contributed by atoms with E-state index < -0.39 is 0 Å². The topological polar surface area (TPSA) is 42.1 Å². The maximum Gasteiger partial charge on any atom is 0.331 e. The van der Waals surface area contributed by atoms with Gasteiger partial charge in [-0.25, -0.2) is 4.79 Å². The number of para-hydroxylation sites is 1. The molecule has 1 N–H and O–H groups in total. The Labute approximate surface area is 142 Å². The zero-order valence-corrected chi connectivity index (χ0v) is 13.8. The molecule has 0 aliphatic heterocycles. The maximum absolute atomic E-state index is 11.9. The van der Waals surface area contributed by atoms with Crippen molar-refractivity contribution < 1.29 is 9.53 Å². The SMILES string of the molecule is CCOC(=O)/C=C(/CCc1c[nH]c2ccccc12)c1ccccc1. The third kappa shape index (κ3) is 3.74. The average Bonchev–Trinajstić information content (AvgIpc) is 3.03. The van der Waals surface area contributed by atoms with E-state index in [1.807, 2.05) is 49.4 Å². The summed E-state index contributed by atoms with van der Waals surface area (Å²) in [5, 5.41) is 1.24. The molecule has 0 amide bonds. The number of esters is 1. The predicted molar refractivity (Wildman–Crippen MR) is 97.7 cm³/mol. The summed E-state index contributed by atoms with van der Waals surface area (Å²) in [4.78, 5) is 15.2. The Morgan fingerprint density at radius 3 is 2.62 bits per heavy atom. The molecule has 0 bridgehead atoms. The Morgan fingerprint density at radius 2 is 1.83 bits per heavy atom. The third-order valence-electron chi connectivity index (χ3n) is 4.06. The summed E-state index contributed by atoms with van der Waals surface area (Å²) in [5.74, 6) is -0.282. The summed E-state index contributed by atoms with van der Waals surface area (Å²) in [5.41, 5.74) is 4.46. The zero-order chi connectivity index (χ0) is 16.8. The Bertz CT molecular complexity index is 846. The minimum atomic E-state index is -0.282. The van der Waals surface area contributed by atoms with Gasteiger partial charge in [0, 0.05) is 23.2 Å². The molecule has 24 heavy (non-hydrogen) atoms. The molecular formula is C21H21NO2. The Hall–Kier alpha value is -2.81. The first-order valence-corrected chi connectivity index (χ1v) is 8.25. The highest BCUT2D eigenvalue weighted by Gasteiger charge is 2.08. The summed E-state index contributed by atoms with van der Waals surface area (Å²) in [7, 11) is 0. The second-order valence-electron chi connectivity index (χ2n) is 5.65. The van der Waals surface area contributed by atoms with Gasteiger partial charge in [0.1, 0.15) is 0 Å². The molecule has 0 aliphatic rings. The predicted octanol–water partition coefficient (Wildman–Crippen LogP) is 4.75. The molecule has 0 saturated heterocycles. The molecular weight excluding hydrogens is 298 g/mol. The number of allylic oxidation sites excluding steroid dienone is 1. The molecule has 0 saturated carbocycles. The monoisotopic (exact) mass is 319 g/mol. The van der Waals surface area contributed by atoms with Crippen LogP contribution in [0, 0.1) is 0 Å². The van der Waals surface area contributed by atoms with Crippen LogP contribution in [0.1, 0.15) is 24.5 Å². The minimum absolute atomic E-state index is 0.282. The van der Waals surface area contributed by atoms with E-state index in [-0.39, 0.29) is 5.97 Å². The summed E-state index contributed by atoms with van der Waals surface area (Å²) >= 11 is 0. The molecule has 0 atom stereocenters. The third-order valence-corrected chi connectivity index (χ3v) is 4.06. The van der Waals surface area contributed by atoms with Crippen LogP contribution in [0.4, 0.5) is 0 Å². The van der Waals surface area contributed by atoms with E-state index >= 15 is 0 Å². The first kappa shape index (κ1) is 16.1. The number of nitrogens with one attached hydrogen (secondary N) is 1. The minimum Gasteiger partial charge on any atom is -0.463 e. The molecule has 0 radical (unpaired) electrons. The molecule has 3 nitrogen and oxygen atoms in total. The van der Waals surface area contributed by atoms with Gasteiger partial charge in [-0.3, -0.25) is 0 Å². The van der Waals surface area contributed by atoms with Crippen LogP contribution < -0.4 is 0 Å². The number of rotatable bonds is 6. The fourth-order valence-electron chi connectivity index (χ4n) is 2.89. The lowest BCUT2D eigenvalue weighted by Crippen LogP contribution is -2.01. The van der Waals surface area contributed by atoms with E-state index in [1.165, 1.54) is 10.9 Å². The largest absolute Gasteiger partial charge is 0.463 e. The number of hydrogen-bond acceptors (Lipinski definition) is 2. The Morgan fingerprint density at radius 1 is 1.08 bits per heavy atom. The number of aromatic nitrogens is 1. The Kier molecular flexibility index (Phi) is 5.12. The lowest BCUT2D eigenvalue weighted by molar-refractivity contribution is -0.137. The first-order chi connectivity index (χ1) is 11.8. The van der Waals surface area contributed by atoms with Gasteiger partial charge in [-0.15, -0.1) is 0 Å². The van der Waals surface area contributed by atoms with Gasteiger partial charge in [0.05, 0.1) is 6.61 Å². The molecule has 2 aromatic carbocycles. The van der Waals surface area contributed by atoms with Crippen LogP contribution in [0.2, 0.25) is 0 Å². The molecule has 0 unspecified atom stereocenters. The highest BCUT2D eigenvalue weighted by Crippen LogP contribution is 2.24.